The fourth-order valence-corrected chi connectivity index (χ4v) is 5.32. The second kappa shape index (κ2) is 8.24. The van der Waals surface area contributed by atoms with E-state index in [4.69, 9.17) is 4.52 Å². The normalized spacial score (nSPS) is 20.4. The predicted octanol–water partition coefficient (Wildman–Crippen LogP) is 3.37. The van der Waals surface area contributed by atoms with Crippen LogP contribution in [-0.2, 0) is 18.3 Å². The molecule has 1 atom stereocenters. The van der Waals surface area contributed by atoms with Crippen LogP contribution in [0.25, 0.3) is 11.4 Å². The minimum absolute atomic E-state index is 0.125. The van der Waals surface area contributed by atoms with Crippen molar-refractivity contribution in [1.82, 2.24) is 29.8 Å². The molecule has 8 nitrogen and oxygen atoms in total. The Hall–Kier alpha value is -3.03. The van der Waals surface area contributed by atoms with Crippen molar-refractivity contribution in [3.05, 3.63) is 48.4 Å². The topological polar surface area (TPSA) is 89.9 Å². The van der Waals surface area contributed by atoms with Crippen molar-refractivity contribution in [1.29, 1.82) is 0 Å². The number of hydrogen-bond donors (Lipinski definition) is 0. The molecule has 1 aliphatic carbocycles. The average Bonchev–Trinajstić information content (AvgIpc) is 3.52. The summed E-state index contributed by atoms with van der Waals surface area (Å²) in [5, 5.41) is 12.6. The van der Waals surface area contributed by atoms with E-state index < -0.39 is 0 Å². The maximum Gasteiger partial charge on any atom is 0.227 e. The van der Waals surface area contributed by atoms with E-state index in [2.05, 4.69) is 20.3 Å². The molecule has 1 amide bonds. The maximum absolute atomic E-state index is 13.1. The van der Waals surface area contributed by atoms with Crippen LogP contribution in [0.15, 0.2) is 41.2 Å². The van der Waals surface area contributed by atoms with E-state index in [1.165, 1.54) is 19.3 Å². The number of carbonyl (C=O) groups is 1. The van der Waals surface area contributed by atoms with Crippen molar-refractivity contribution >= 4 is 5.91 Å². The van der Waals surface area contributed by atoms with Gasteiger partial charge in [0, 0.05) is 44.5 Å². The number of likely N-dealkylation sites (tertiary alicyclic amines) is 1. The minimum Gasteiger partial charge on any atom is -0.341 e. The second-order valence-electron chi connectivity index (χ2n) is 8.93. The van der Waals surface area contributed by atoms with Crippen LogP contribution in [0.3, 0.4) is 0 Å². The average molecular weight is 421 g/mol. The van der Waals surface area contributed by atoms with Gasteiger partial charge in [-0.15, -0.1) is 10.2 Å². The van der Waals surface area contributed by atoms with Crippen LogP contribution in [0.5, 0.6) is 0 Å². The molecule has 1 unspecified atom stereocenters. The lowest BCUT2D eigenvalue weighted by Crippen LogP contribution is -2.34. The molecule has 5 rings (SSSR count). The molecule has 0 radical (unpaired) electrons. The monoisotopic (exact) mass is 420 g/mol. The summed E-state index contributed by atoms with van der Waals surface area (Å²) < 4.78 is 7.40. The van der Waals surface area contributed by atoms with E-state index in [0.717, 1.165) is 30.8 Å². The number of hydrogen-bond acceptors (Lipinski definition) is 6. The summed E-state index contributed by atoms with van der Waals surface area (Å²) in [6.45, 7) is 1.52. The summed E-state index contributed by atoms with van der Waals surface area (Å²) in [6, 6.07) is 9.72. The van der Waals surface area contributed by atoms with Gasteiger partial charge in [0.05, 0.1) is 0 Å². The Morgan fingerprint density at radius 3 is 2.74 bits per heavy atom. The molecule has 3 heterocycles. The van der Waals surface area contributed by atoms with Gasteiger partial charge in [0.15, 0.2) is 0 Å². The van der Waals surface area contributed by atoms with Crippen molar-refractivity contribution in [2.24, 2.45) is 12.5 Å². The molecule has 0 N–H and O–H groups in total. The zero-order valence-electron chi connectivity index (χ0n) is 17.9. The molecule has 162 valence electrons. The zero-order valence-corrected chi connectivity index (χ0v) is 17.9. The smallest absolute Gasteiger partial charge is 0.227 e. The van der Waals surface area contributed by atoms with Gasteiger partial charge in [-0.3, -0.25) is 4.79 Å². The van der Waals surface area contributed by atoms with E-state index in [9.17, 15) is 4.79 Å². The van der Waals surface area contributed by atoms with Gasteiger partial charge in [0.25, 0.3) is 0 Å². The van der Waals surface area contributed by atoms with Crippen LogP contribution in [0.1, 0.15) is 56.2 Å². The van der Waals surface area contributed by atoms with Gasteiger partial charge in [0.2, 0.25) is 17.6 Å². The SMILES string of the molecule is Cn1cnnc1C1CN(C(=O)CCc2nc(-c3ccccc3)no2)CC12CCCCC2. The molecule has 1 spiro atoms. The highest BCUT2D eigenvalue weighted by atomic mass is 16.5. The standard InChI is InChI=1S/C23H28N6O2/c1-28-16-24-26-22(28)18-14-29(15-23(18)12-6-3-7-13-23)20(30)11-10-19-25-21(27-31-19)17-8-4-2-5-9-17/h2,4-5,8-9,16,18H,3,6-7,10-15H2,1H3. The molecule has 1 saturated heterocycles. The summed E-state index contributed by atoms with van der Waals surface area (Å²) in [5.74, 6) is 2.46. The molecule has 0 bridgehead atoms. The van der Waals surface area contributed by atoms with Crippen LogP contribution in [0.4, 0.5) is 0 Å². The van der Waals surface area contributed by atoms with Crippen LogP contribution >= 0.6 is 0 Å². The van der Waals surface area contributed by atoms with Gasteiger partial charge in [-0.05, 0) is 18.3 Å². The van der Waals surface area contributed by atoms with Gasteiger partial charge in [-0.1, -0.05) is 54.8 Å². The Balaban J connectivity index is 1.27. The lowest BCUT2D eigenvalue weighted by atomic mass is 9.67. The van der Waals surface area contributed by atoms with Crippen molar-refractivity contribution < 1.29 is 9.32 Å². The first-order valence-electron chi connectivity index (χ1n) is 11.1. The Morgan fingerprint density at radius 2 is 2.00 bits per heavy atom. The molecular weight excluding hydrogens is 392 g/mol. The summed E-state index contributed by atoms with van der Waals surface area (Å²) in [6.07, 6.45) is 8.62. The Labute approximate surface area is 181 Å². The Kier molecular flexibility index (Phi) is 5.29. The van der Waals surface area contributed by atoms with Crippen LogP contribution in [0, 0.1) is 5.41 Å². The first-order valence-corrected chi connectivity index (χ1v) is 11.1. The van der Waals surface area contributed by atoms with Gasteiger partial charge < -0.3 is 14.0 Å². The third-order valence-electron chi connectivity index (χ3n) is 6.96. The number of nitrogens with zero attached hydrogens (tertiary/aromatic N) is 6. The van der Waals surface area contributed by atoms with E-state index in [-0.39, 0.29) is 17.2 Å². The maximum atomic E-state index is 13.1. The number of rotatable bonds is 5. The lowest BCUT2D eigenvalue weighted by molar-refractivity contribution is -0.130. The van der Waals surface area contributed by atoms with Gasteiger partial charge in [-0.2, -0.15) is 4.98 Å². The highest BCUT2D eigenvalue weighted by Crippen LogP contribution is 2.51. The number of carbonyl (C=O) groups excluding carboxylic acids is 1. The third-order valence-corrected chi connectivity index (χ3v) is 6.96. The number of benzene rings is 1. The predicted molar refractivity (Wildman–Crippen MR) is 114 cm³/mol. The van der Waals surface area contributed by atoms with Crippen LogP contribution in [-0.4, -0.2) is 48.8 Å². The fraction of sp³-hybridized carbons (Fsp3) is 0.522. The van der Waals surface area contributed by atoms with E-state index in [1.54, 1.807) is 6.33 Å². The molecule has 2 fully saturated rings. The molecule has 1 saturated carbocycles. The van der Waals surface area contributed by atoms with Crippen LogP contribution in [0.2, 0.25) is 0 Å². The molecule has 8 heteroatoms. The highest BCUT2D eigenvalue weighted by molar-refractivity contribution is 5.77. The van der Waals surface area contributed by atoms with Crippen molar-refractivity contribution in [3.8, 4) is 11.4 Å². The summed E-state index contributed by atoms with van der Waals surface area (Å²) in [7, 11) is 2.00. The largest absolute Gasteiger partial charge is 0.341 e. The van der Waals surface area contributed by atoms with Crippen molar-refractivity contribution in [2.75, 3.05) is 13.1 Å². The summed E-state index contributed by atoms with van der Waals surface area (Å²) in [5.41, 5.74) is 1.04. The number of aromatic nitrogens is 5. The van der Waals surface area contributed by atoms with Gasteiger partial charge in [-0.25, -0.2) is 0 Å². The lowest BCUT2D eigenvalue weighted by Gasteiger charge is -2.37. The molecule has 1 aliphatic heterocycles. The number of amides is 1. The van der Waals surface area contributed by atoms with Crippen molar-refractivity contribution in [2.45, 2.75) is 50.9 Å². The summed E-state index contributed by atoms with van der Waals surface area (Å²) >= 11 is 0. The molecular formula is C23H28N6O2. The minimum atomic E-state index is 0.125. The highest BCUT2D eigenvalue weighted by Gasteiger charge is 2.50. The quantitative estimate of drug-likeness (QED) is 0.629. The first kappa shape index (κ1) is 19.9. The van der Waals surface area contributed by atoms with E-state index in [0.29, 0.717) is 31.1 Å². The Bertz CT molecular complexity index is 1040. The molecule has 2 aromatic heterocycles. The molecule has 1 aromatic carbocycles. The zero-order chi connectivity index (χ0) is 21.3. The first-order chi connectivity index (χ1) is 15.1. The second-order valence-corrected chi connectivity index (χ2v) is 8.93. The third kappa shape index (κ3) is 3.86. The summed E-state index contributed by atoms with van der Waals surface area (Å²) in [4.78, 5) is 19.6. The van der Waals surface area contributed by atoms with E-state index in [1.807, 2.05) is 46.8 Å². The molecule has 31 heavy (non-hydrogen) atoms. The molecule has 2 aliphatic rings. The number of aryl methyl sites for hydroxylation is 2. The van der Waals surface area contributed by atoms with Crippen molar-refractivity contribution in [3.63, 3.8) is 0 Å². The fourth-order valence-electron chi connectivity index (χ4n) is 5.32. The van der Waals surface area contributed by atoms with Gasteiger partial charge >= 0.3 is 0 Å². The van der Waals surface area contributed by atoms with E-state index >= 15 is 0 Å². The van der Waals surface area contributed by atoms with Crippen LogP contribution < -0.4 is 0 Å². The van der Waals surface area contributed by atoms with Gasteiger partial charge in [0.1, 0.15) is 12.2 Å². The Morgan fingerprint density at radius 1 is 1.19 bits per heavy atom. The molecule has 3 aromatic rings.